The van der Waals surface area contributed by atoms with Gasteiger partial charge in [-0.1, -0.05) is 6.07 Å². The minimum atomic E-state index is -2.88. The fourth-order valence-corrected chi connectivity index (χ4v) is 2.06. The number of halogens is 3. The van der Waals surface area contributed by atoms with E-state index in [9.17, 15) is 18.0 Å². The van der Waals surface area contributed by atoms with Crippen LogP contribution in [0.4, 0.5) is 13.2 Å². The van der Waals surface area contributed by atoms with Gasteiger partial charge in [-0.25, -0.2) is 4.39 Å². The van der Waals surface area contributed by atoms with Crippen LogP contribution in [0.5, 0.6) is 0 Å². The van der Waals surface area contributed by atoms with Gasteiger partial charge in [-0.2, -0.15) is 8.78 Å². The van der Waals surface area contributed by atoms with E-state index in [2.05, 4.69) is 20.8 Å². The molecule has 0 radical (unpaired) electrons. The number of benzene rings is 1. The second kappa shape index (κ2) is 6.37. The first-order chi connectivity index (χ1) is 11.0. The van der Waals surface area contributed by atoms with Crippen molar-refractivity contribution in [1.82, 2.24) is 20.8 Å². The highest BCUT2D eigenvalue weighted by Crippen LogP contribution is 2.24. The number of carbonyl (C=O) groups is 1. The van der Waals surface area contributed by atoms with Gasteiger partial charge in [0.25, 0.3) is 5.89 Å². The van der Waals surface area contributed by atoms with Crippen molar-refractivity contribution in [3.05, 3.63) is 35.5 Å². The Kier molecular flexibility index (Phi) is 4.28. The zero-order valence-electron chi connectivity index (χ0n) is 11.9. The molecule has 2 N–H and O–H groups in total. The number of amides is 1. The summed E-state index contributed by atoms with van der Waals surface area (Å²) in [4.78, 5) is 11.7. The maximum Gasteiger partial charge on any atom is 0.314 e. The highest BCUT2D eigenvalue weighted by molar-refractivity contribution is 5.80. The number of nitrogens with zero attached hydrogens (tertiary/aromatic N) is 2. The zero-order chi connectivity index (χ0) is 16.4. The molecule has 1 aromatic heterocycles. The molecule has 1 fully saturated rings. The lowest BCUT2D eigenvalue weighted by Gasteiger charge is -2.25. The Morgan fingerprint density at radius 1 is 1.39 bits per heavy atom. The van der Waals surface area contributed by atoms with Crippen LogP contribution in [0, 0.1) is 11.7 Å². The van der Waals surface area contributed by atoms with Crippen LogP contribution in [0.3, 0.4) is 0 Å². The Hall–Kier alpha value is -2.42. The SMILES string of the molecule is O=C(NCc1ccc(-c2nnc(C(F)F)o2)cc1F)C1CNC1. The minimum Gasteiger partial charge on any atom is -0.415 e. The third-order valence-corrected chi connectivity index (χ3v) is 3.53. The van der Waals surface area contributed by atoms with Crippen LogP contribution >= 0.6 is 0 Å². The first kappa shape index (κ1) is 15.5. The molecule has 1 saturated heterocycles. The smallest absolute Gasteiger partial charge is 0.314 e. The van der Waals surface area contributed by atoms with Gasteiger partial charge in [-0.15, -0.1) is 10.2 Å². The largest absolute Gasteiger partial charge is 0.415 e. The van der Waals surface area contributed by atoms with E-state index >= 15 is 0 Å². The van der Waals surface area contributed by atoms with E-state index in [1.165, 1.54) is 12.1 Å². The van der Waals surface area contributed by atoms with E-state index in [1.807, 2.05) is 0 Å². The first-order valence-electron chi connectivity index (χ1n) is 6.93. The molecule has 0 bridgehead atoms. The number of aromatic nitrogens is 2. The van der Waals surface area contributed by atoms with Gasteiger partial charge in [-0.3, -0.25) is 4.79 Å². The van der Waals surface area contributed by atoms with Crippen LogP contribution < -0.4 is 10.6 Å². The van der Waals surface area contributed by atoms with Crippen LogP contribution in [-0.2, 0) is 11.3 Å². The molecule has 6 nitrogen and oxygen atoms in total. The molecule has 9 heteroatoms. The van der Waals surface area contributed by atoms with Gasteiger partial charge in [0.1, 0.15) is 5.82 Å². The third-order valence-electron chi connectivity index (χ3n) is 3.53. The molecule has 1 aliphatic heterocycles. The molecular formula is C14H13F3N4O2. The number of hydrogen-bond donors (Lipinski definition) is 2. The number of rotatable bonds is 5. The van der Waals surface area contributed by atoms with Crippen molar-refractivity contribution in [3.63, 3.8) is 0 Å². The Morgan fingerprint density at radius 2 is 2.17 bits per heavy atom. The average molecular weight is 326 g/mol. The van der Waals surface area contributed by atoms with Gasteiger partial charge in [-0.05, 0) is 12.1 Å². The molecule has 0 atom stereocenters. The molecule has 1 amide bonds. The van der Waals surface area contributed by atoms with Crippen LogP contribution in [0.2, 0.25) is 0 Å². The lowest BCUT2D eigenvalue weighted by atomic mass is 10.0. The summed E-state index contributed by atoms with van der Waals surface area (Å²) in [7, 11) is 0. The van der Waals surface area contributed by atoms with Crippen molar-refractivity contribution in [2.24, 2.45) is 5.92 Å². The van der Waals surface area contributed by atoms with E-state index in [-0.39, 0.29) is 35.4 Å². The number of hydrogen-bond acceptors (Lipinski definition) is 5. The summed E-state index contributed by atoms with van der Waals surface area (Å²) in [6.07, 6.45) is -2.88. The second-order valence-electron chi connectivity index (χ2n) is 5.13. The normalized spacial score (nSPS) is 14.8. The number of alkyl halides is 2. The van der Waals surface area contributed by atoms with Crippen molar-refractivity contribution in [2.45, 2.75) is 13.0 Å². The second-order valence-corrected chi connectivity index (χ2v) is 5.13. The molecule has 122 valence electrons. The Labute approximate surface area is 129 Å². The van der Waals surface area contributed by atoms with Crippen molar-refractivity contribution in [3.8, 4) is 11.5 Å². The Morgan fingerprint density at radius 3 is 2.74 bits per heavy atom. The van der Waals surface area contributed by atoms with E-state index in [0.717, 1.165) is 6.07 Å². The Balaban J connectivity index is 1.68. The van der Waals surface area contributed by atoms with Crippen LogP contribution in [0.25, 0.3) is 11.5 Å². The van der Waals surface area contributed by atoms with Gasteiger partial charge >= 0.3 is 6.43 Å². The summed E-state index contributed by atoms with van der Waals surface area (Å²) < 4.78 is 43.6. The topological polar surface area (TPSA) is 80.1 Å². The fraction of sp³-hybridized carbons (Fsp3) is 0.357. The van der Waals surface area contributed by atoms with Gasteiger partial charge in [0, 0.05) is 30.8 Å². The molecule has 2 aromatic rings. The average Bonchev–Trinajstić information content (AvgIpc) is 2.94. The van der Waals surface area contributed by atoms with Crippen LogP contribution in [0.1, 0.15) is 17.9 Å². The van der Waals surface area contributed by atoms with Crippen LogP contribution in [0.15, 0.2) is 22.6 Å². The number of carbonyl (C=O) groups excluding carboxylic acids is 1. The highest BCUT2D eigenvalue weighted by atomic mass is 19.3. The summed E-state index contributed by atoms with van der Waals surface area (Å²) in [6.45, 7) is 1.29. The highest BCUT2D eigenvalue weighted by Gasteiger charge is 2.24. The van der Waals surface area contributed by atoms with Crippen molar-refractivity contribution in [2.75, 3.05) is 13.1 Å². The molecule has 23 heavy (non-hydrogen) atoms. The van der Waals surface area contributed by atoms with Crippen molar-refractivity contribution < 1.29 is 22.4 Å². The predicted octanol–water partition coefficient (Wildman–Crippen LogP) is 1.65. The lowest BCUT2D eigenvalue weighted by molar-refractivity contribution is -0.126. The fourth-order valence-electron chi connectivity index (χ4n) is 2.06. The summed E-state index contributed by atoms with van der Waals surface area (Å²) in [6, 6.07) is 4.02. The third kappa shape index (κ3) is 3.34. The van der Waals surface area contributed by atoms with Crippen molar-refractivity contribution >= 4 is 5.91 Å². The summed E-state index contributed by atoms with van der Waals surface area (Å²) in [5.41, 5.74) is 0.475. The summed E-state index contributed by atoms with van der Waals surface area (Å²) in [5, 5.41) is 12.3. The van der Waals surface area contributed by atoms with E-state index < -0.39 is 18.1 Å². The number of nitrogens with one attached hydrogen (secondary N) is 2. The molecule has 0 aliphatic carbocycles. The molecule has 2 heterocycles. The quantitative estimate of drug-likeness (QED) is 0.873. The maximum atomic E-state index is 14.0. The molecule has 1 aromatic carbocycles. The first-order valence-corrected chi connectivity index (χ1v) is 6.93. The lowest BCUT2D eigenvalue weighted by Crippen LogP contribution is -2.50. The van der Waals surface area contributed by atoms with Gasteiger partial charge in [0.05, 0.1) is 5.92 Å². The van der Waals surface area contributed by atoms with Crippen molar-refractivity contribution in [1.29, 1.82) is 0 Å². The molecule has 3 rings (SSSR count). The molecule has 1 aliphatic rings. The molecule has 0 saturated carbocycles. The predicted molar refractivity (Wildman–Crippen MR) is 72.9 cm³/mol. The van der Waals surface area contributed by atoms with E-state index in [4.69, 9.17) is 4.42 Å². The minimum absolute atomic E-state index is 0.0492. The molecule has 0 spiro atoms. The van der Waals surface area contributed by atoms with Gasteiger partial charge in [0.2, 0.25) is 11.8 Å². The standard InChI is InChI=1S/C14H13F3N4O2/c15-10-3-7(13-20-21-14(23-13)11(16)17)1-2-8(10)6-19-12(22)9-4-18-5-9/h1-3,9,11,18H,4-6H2,(H,19,22). The van der Waals surface area contributed by atoms with Crippen LogP contribution in [-0.4, -0.2) is 29.2 Å². The van der Waals surface area contributed by atoms with Gasteiger partial charge < -0.3 is 15.1 Å². The molecule has 0 unspecified atom stereocenters. The van der Waals surface area contributed by atoms with Gasteiger partial charge in [0.15, 0.2) is 0 Å². The van der Waals surface area contributed by atoms with E-state index in [0.29, 0.717) is 13.1 Å². The summed E-state index contributed by atoms with van der Waals surface area (Å²) >= 11 is 0. The zero-order valence-corrected chi connectivity index (χ0v) is 11.9. The Bertz CT molecular complexity index is 716. The summed E-state index contributed by atoms with van der Waals surface area (Å²) in [5.74, 6) is -1.80. The monoisotopic (exact) mass is 326 g/mol. The van der Waals surface area contributed by atoms with E-state index in [1.54, 1.807) is 0 Å². The molecular weight excluding hydrogens is 313 g/mol. The maximum absolute atomic E-state index is 14.0.